The first-order chi connectivity index (χ1) is 9.26. The predicted molar refractivity (Wildman–Crippen MR) is 64.5 cm³/mol. The van der Waals surface area contributed by atoms with E-state index in [0.717, 1.165) is 12.8 Å². The van der Waals surface area contributed by atoms with Crippen LogP contribution in [0.3, 0.4) is 0 Å². The summed E-state index contributed by atoms with van der Waals surface area (Å²) >= 11 is 0. The lowest BCUT2D eigenvalue weighted by Crippen LogP contribution is -2.58. The van der Waals surface area contributed by atoms with Crippen LogP contribution < -0.4 is 0 Å². The topological polar surface area (TPSA) is 20.2 Å². The van der Waals surface area contributed by atoms with Crippen molar-refractivity contribution in [2.45, 2.75) is 50.6 Å². The van der Waals surface area contributed by atoms with E-state index >= 15 is 4.39 Å². The number of alkyl halides is 4. The minimum atomic E-state index is -4.86. The number of halogens is 4. The first kappa shape index (κ1) is 13.4. The van der Waals surface area contributed by atoms with Crippen molar-refractivity contribution in [3.63, 3.8) is 0 Å². The van der Waals surface area contributed by atoms with Gasteiger partial charge in [-0.05, 0) is 67.1 Å². The lowest BCUT2D eigenvalue weighted by atomic mass is 9.61. The quantitative estimate of drug-likeness (QED) is 0.578. The molecule has 5 heteroatoms. The highest BCUT2D eigenvalue weighted by molar-refractivity contribution is 5.20. The Morgan fingerprint density at radius 2 is 1.70 bits per heavy atom. The van der Waals surface area contributed by atoms with Crippen LogP contribution in [0, 0.1) is 41.4 Å². The summed E-state index contributed by atoms with van der Waals surface area (Å²) in [5.41, 5.74) is -2.46. The molecule has 4 saturated carbocycles. The highest BCUT2D eigenvalue weighted by Crippen LogP contribution is 2.73. The summed E-state index contributed by atoms with van der Waals surface area (Å²) in [6, 6.07) is 0. The molecule has 1 N–H and O–H groups in total. The SMILES string of the molecule is CC1C2CC(C3C4CCC(C4)C23)C1(F)C(O)C(F)(F)F. The number of hydrogen-bond acceptors (Lipinski definition) is 1. The van der Waals surface area contributed by atoms with Crippen LogP contribution in [0.4, 0.5) is 17.6 Å². The van der Waals surface area contributed by atoms with Gasteiger partial charge in [0, 0.05) is 0 Å². The van der Waals surface area contributed by atoms with E-state index in [1.54, 1.807) is 6.92 Å². The number of fused-ring (bicyclic) bond motifs is 9. The summed E-state index contributed by atoms with van der Waals surface area (Å²) in [6.07, 6.45) is -3.84. The highest BCUT2D eigenvalue weighted by Gasteiger charge is 2.75. The third-order valence-electron chi connectivity index (χ3n) is 7.17. The molecule has 0 aromatic carbocycles. The average Bonchev–Trinajstić information content (AvgIpc) is 3.07. The van der Waals surface area contributed by atoms with Crippen LogP contribution in [-0.4, -0.2) is 23.1 Å². The molecule has 0 aromatic rings. The molecular formula is C15H20F4O. The van der Waals surface area contributed by atoms with Gasteiger partial charge in [0.2, 0.25) is 0 Å². The van der Waals surface area contributed by atoms with Crippen molar-refractivity contribution in [3.8, 4) is 0 Å². The Balaban J connectivity index is 1.71. The van der Waals surface area contributed by atoms with Crippen molar-refractivity contribution in [2.24, 2.45) is 41.4 Å². The van der Waals surface area contributed by atoms with E-state index < -0.39 is 29.8 Å². The van der Waals surface area contributed by atoms with Gasteiger partial charge in [0.1, 0.15) is 0 Å². The molecule has 0 amide bonds. The van der Waals surface area contributed by atoms with Gasteiger partial charge in [0.25, 0.3) is 0 Å². The molecule has 0 heterocycles. The van der Waals surface area contributed by atoms with Gasteiger partial charge in [-0.1, -0.05) is 6.92 Å². The third-order valence-corrected chi connectivity index (χ3v) is 7.17. The second-order valence-electron chi connectivity index (χ2n) is 7.55. The van der Waals surface area contributed by atoms with Crippen LogP contribution >= 0.6 is 0 Å². The molecular weight excluding hydrogens is 272 g/mol. The van der Waals surface area contributed by atoms with Gasteiger partial charge >= 0.3 is 6.18 Å². The molecule has 0 saturated heterocycles. The van der Waals surface area contributed by atoms with Crippen molar-refractivity contribution in [1.82, 2.24) is 0 Å². The molecule has 4 aliphatic rings. The molecule has 1 nitrogen and oxygen atoms in total. The second kappa shape index (κ2) is 3.71. The molecule has 4 bridgehead atoms. The average molecular weight is 292 g/mol. The van der Waals surface area contributed by atoms with Crippen LogP contribution in [0.25, 0.3) is 0 Å². The van der Waals surface area contributed by atoms with Gasteiger partial charge in [-0.3, -0.25) is 0 Å². The molecule has 4 fully saturated rings. The van der Waals surface area contributed by atoms with Gasteiger partial charge in [-0.25, -0.2) is 4.39 Å². The van der Waals surface area contributed by atoms with Crippen molar-refractivity contribution in [2.75, 3.05) is 0 Å². The van der Waals surface area contributed by atoms with Gasteiger partial charge < -0.3 is 5.11 Å². The van der Waals surface area contributed by atoms with Crippen molar-refractivity contribution in [1.29, 1.82) is 0 Å². The van der Waals surface area contributed by atoms with Crippen LogP contribution in [0.1, 0.15) is 32.6 Å². The maximum atomic E-state index is 15.3. The summed E-state index contributed by atoms with van der Waals surface area (Å²) in [7, 11) is 0. The molecule has 4 rings (SSSR count). The van der Waals surface area contributed by atoms with E-state index in [9.17, 15) is 18.3 Å². The molecule has 4 aliphatic carbocycles. The van der Waals surface area contributed by atoms with E-state index in [1.165, 1.54) is 6.42 Å². The van der Waals surface area contributed by atoms with Crippen LogP contribution in [-0.2, 0) is 0 Å². The lowest BCUT2D eigenvalue weighted by molar-refractivity contribution is -0.264. The lowest BCUT2D eigenvalue weighted by Gasteiger charge is -2.47. The molecule has 0 aromatic heterocycles. The first-order valence-electron chi connectivity index (χ1n) is 7.70. The van der Waals surface area contributed by atoms with E-state index in [1.807, 2.05) is 0 Å². The highest BCUT2D eigenvalue weighted by atomic mass is 19.4. The Labute approximate surface area is 115 Å². The van der Waals surface area contributed by atoms with Crippen molar-refractivity contribution >= 4 is 0 Å². The minimum Gasteiger partial charge on any atom is -0.381 e. The standard InChI is InChI=1S/C15H20F4O/c1-6-9-5-10(14(6,16)13(20)15(17,18)19)12-8-3-2-7(4-8)11(9)12/h6-13,20H,2-5H2,1H3. The maximum Gasteiger partial charge on any atom is 0.417 e. The van der Waals surface area contributed by atoms with Gasteiger partial charge in [-0.15, -0.1) is 0 Å². The first-order valence-corrected chi connectivity index (χ1v) is 7.70. The smallest absolute Gasteiger partial charge is 0.381 e. The van der Waals surface area contributed by atoms with E-state index in [-0.39, 0.29) is 11.8 Å². The summed E-state index contributed by atoms with van der Waals surface area (Å²) in [5, 5.41) is 9.63. The number of aliphatic hydroxyl groups excluding tert-OH is 1. The fourth-order valence-corrected chi connectivity index (χ4v) is 6.60. The summed E-state index contributed by atoms with van der Waals surface area (Å²) in [4.78, 5) is 0. The monoisotopic (exact) mass is 292 g/mol. The van der Waals surface area contributed by atoms with Crippen LogP contribution in [0.5, 0.6) is 0 Å². The summed E-state index contributed by atoms with van der Waals surface area (Å²) in [6.45, 7) is 1.59. The predicted octanol–water partition coefficient (Wildman–Crippen LogP) is 3.57. The summed E-state index contributed by atoms with van der Waals surface area (Å²) < 4.78 is 53.9. The molecule has 9 unspecified atom stereocenters. The van der Waals surface area contributed by atoms with E-state index in [0.29, 0.717) is 24.2 Å². The second-order valence-corrected chi connectivity index (χ2v) is 7.55. The molecule has 9 atom stereocenters. The molecule has 20 heavy (non-hydrogen) atoms. The van der Waals surface area contributed by atoms with Crippen LogP contribution in [0.15, 0.2) is 0 Å². The Bertz CT molecular complexity index is 436. The Morgan fingerprint density at radius 3 is 2.30 bits per heavy atom. The Morgan fingerprint density at radius 1 is 1.10 bits per heavy atom. The Hall–Kier alpha value is -0.320. The number of rotatable bonds is 1. The van der Waals surface area contributed by atoms with Gasteiger partial charge in [0.15, 0.2) is 11.8 Å². The molecule has 0 radical (unpaired) electrons. The van der Waals surface area contributed by atoms with Crippen molar-refractivity contribution < 1.29 is 22.7 Å². The number of hydrogen-bond donors (Lipinski definition) is 1. The zero-order chi connectivity index (χ0) is 14.4. The maximum absolute atomic E-state index is 15.3. The number of aliphatic hydroxyl groups is 1. The zero-order valence-electron chi connectivity index (χ0n) is 11.4. The molecule has 114 valence electrons. The minimum absolute atomic E-state index is 0.0438. The van der Waals surface area contributed by atoms with Gasteiger partial charge in [-0.2, -0.15) is 13.2 Å². The van der Waals surface area contributed by atoms with Gasteiger partial charge in [0.05, 0.1) is 0 Å². The van der Waals surface area contributed by atoms with E-state index in [4.69, 9.17) is 0 Å². The van der Waals surface area contributed by atoms with E-state index in [2.05, 4.69) is 0 Å². The summed E-state index contributed by atoms with van der Waals surface area (Å²) in [5.74, 6) is 0.319. The van der Waals surface area contributed by atoms with Crippen LogP contribution in [0.2, 0.25) is 0 Å². The largest absolute Gasteiger partial charge is 0.417 e. The molecule has 0 spiro atoms. The third kappa shape index (κ3) is 1.34. The normalized spacial score (nSPS) is 58.2. The fraction of sp³-hybridized carbons (Fsp3) is 1.00. The fourth-order valence-electron chi connectivity index (χ4n) is 6.60. The zero-order valence-corrected chi connectivity index (χ0v) is 11.4. The molecule has 0 aliphatic heterocycles. The Kier molecular flexibility index (Phi) is 2.48. The van der Waals surface area contributed by atoms with Crippen molar-refractivity contribution in [3.05, 3.63) is 0 Å².